The van der Waals surface area contributed by atoms with Crippen LogP contribution in [0.3, 0.4) is 0 Å². The Morgan fingerprint density at radius 3 is 2.33 bits per heavy atom. The Hall–Kier alpha value is -1.07. The number of benzene rings is 1. The summed E-state index contributed by atoms with van der Waals surface area (Å²) in [6.07, 6.45) is 1.61. The van der Waals surface area contributed by atoms with Crippen molar-refractivity contribution >= 4 is 27.7 Å². The molecule has 1 amide bonds. The molecule has 116 valence electrons. The maximum absolute atomic E-state index is 12.6. The molecule has 2 rings (SSSR count). The summed E-state index contributed by atoms with van der Waals surface area (Å²) >= 11 is 3.43. The molecule has 21 heavy (non-hydrogen) atoms. The number of amides is 1. The molecule has 1 aromatic rings. The third-order valence-electron chi connectivity index (χ3n) is 3.37. The van der Waals surface area contributed by atoms with E-state index in [0.29, 0.717) is 0 Å². The van der Waals surface area contributed by atoms with Crippen molar-refractivity contribution in [2.75, 3.05) is 18.0 Å². The SMILES string of the molecule is CC(C)(C)OC(=O)N(c1ccc(Br)cc1)C1CCNCC1. The Bertz CT molecular complexity index is 476. The van der Waals surface area contributed by atoms with E-state index in [2.05, 4.69) is 21.2 Å². The second kappa shape index (κ2) is 6.79. The maximum Gasteiger partial charge on any atom is 0.415 e. The molecule has 1 heterocycles. The number of anilines is 1. The average molecular weight is 355 g/mol. The first-order valence-corrected chi connectivity index (χ1v) is 8.14. The quantitative estimate of drug-likeness (QED) is 0.874. The van der Waals surface area contributed by atoms with Gasteiger partial charge in [-0.25, -0.2) is 4.79 Å². The van der Waals surface area contributed by atoms with Gasteiger partial charge in [0.15, 0.2) is 0 Å². The van der Waals surface area contributed by atoms with E-state index in [0.717, 1.165) is 36.1 Å². The number of nitrogens with one attached hydrogen (secondary N) is 1. The number of hydrogen-bond acceptors (Lipinski definition) is 3. The van der Waals surface area contributed by atoms with Crippen molar-refractivity contribution in [2.45, 2.75) is 45.3 Å². The number of ether oxygens (including phenoxy) is 1. The van der Waals surface area contributed by atoms with Gasteiger partial charge in [-0.05, 0) is 71.0 Å². The lowest BCUT2D eigenvalue weighted by Crippen LogP contribution is -2.48. The second-order valence-electron chi connectivity index (χ2n) is 6.31. The molecule has 1 fully saturated rings. The Morgan fingerprint density at radius 2 is 1.81 bits per heavy atom. The van der Waals surface area contributed by atoms with Crippen molar-refractivity contribution in [3.8, 4) is 0 Å². The standard InChI is InChI=1S/C16H23BrN2O2/c1-16(2,3)21-15(20)19(14-8-10-18-11-9-14)13-6-4-12(17)5-7-13/h4-7,14,18H,8-11H2,1-3H3. The van der Waals surface area contributed by atoms with Crippen LogP contribution in [0.4, 0.5) is 10.5 Å². The summed E-state index contributed by atoms with van der Waals surface area (Å²) in [6.45, 7) is 7.55. The van der Waals surface area contributed by atoms with E-state index >= 15 is 0 Å². The average Bonchev–Trinajstić information content (AvgIpc) is 2.40. The molecule has 0 atom stereocenters. The Kier molecular flexibility index (Phi) is 5.27. The summed E-state index contributed by atoms with van der Waals surface area (Å²) < 4.78 is 6.59. The highest BCUT2D eigenvalue weighted by molar-refractivity contribution is 9.10. The summed E-state index contributed by atoms with van der Waals surface area (Å²) in [4.78, 5) is 14.4. The van der Waals surface area contributed by atoms with Crippen molar-refractivity contribution in [1.82, 2.24) is 5.32 Å². The van der Waals surface area contributed by atoms with E-state index in [-0.39, 0.29) is 12.1 Å². The fourth-order valence-electron chi connectivity index (χ4n) is 2.44. The van der Waals surface area contributed by atoms with Gasteiger partial charge in [0.1, 0.15) is 5.60 Å². The summed E-state index contributed by atoms with van der Waals surface area (Å²) in [7, 11) is 0. The molecule has 0 saturated carbocycles. The molecule has 0 bridgehead atoms. The highest BCUT2D eigenvalue weighted by Crippen LogP contribution is 2.26. The van der Waals surface area contributed by atoms with Crippen molar-refractivity contribution in [3.63, 3.8) is 0 Å². The van der Waals surface area contributed by atoms with Crippen molar-refractivity contribution in [2.24, 2.45) is 0 Å². The molecular weight excluding hydrogens is 332 g/mol. The van der Waals surface area contributed by atoms with Crippen molar-refractivity contribution < 1.29 is 9.53 Å². The first-order chi connectivity index (χ1) is 9.87. The molecule has 0 unspecified atom stereocenters. The lowest BCUT2D eigenvalue weighted by molar-refractivity contribution is 0.0559. The maximum atomic E-state index is 12.6. The monoisotopic (exact) mass is 354 g/mol. The molecule has 1 aliphatic rings. The fourth-order valence-corrected chi connectivity index (χ4v) is 2.71. The lowest BCUT2D eigenvalue weighted by atomic mass is 10.0. The van der Waals surface area contributed by atoms with Gasteiger partial charge in [0.25, 0.3) is 0 Å². The van der Waals surface area contributed by atoms with Gasteiger partial charge in [-0.3, -0.25) is 4.90 Å². The summed E-state index contributed by atoms with van der Waals surface area (Å²) in [6, 6.07) is 8.00. The topological polar surface area (TPSA) is 41.6 Å². The minimum Gasteiger partial charge on any atom is -0.443 e. The van der Waals surface area contributed by atoms with Gasteiger partial charge in [0, 0.05) is 16.2 Å². The smallest absolute Gasteiger partial charge is 0.415 e. The molecule has 1 saturated heterocycles. The van der Waals surface area contributed by atoms with Crippen LogP contribution in [0.15, 0.2) is 28.7 Å². The molecule has 1 aromatic carbocycles. The molecule has 1 aliphatic heterocycles. The number of hydrogen-bond donors (Lipinski definition) is 1. The highest BCUT2D eigenvalue weighted by Gasteiger charge is 2.30. The highest BCUT2D eigenvalue weighted by atomic mass is 79.9. The summed E-state index contributed by atoms with van der Waals surface area (Å²) in [5.74, 6) is 0. The number of carbonyl (C=O) groups is 1. The second-order valence-corrected chi connectivity index (χ2v) is 7.22. The van der Waals surface area contributed by atoms with E-state index in [1.54, 1.807) is 4.90 Å². The predicted molar refractivity (Wildman–Crippen MR) is 88.7 cm³/mol. The van der Waals surface area contributed by atoms with Crippen LogP contribution >= 0.6 is 15.9 Å². The van der Waals surface area contributed by atoms with E-state index in [1.807, 2.05) is 45.0 Å². The first kappa shape index (κ1) is 16.3. The minimum absolute atomic E-state index is 0.183. The van der Waals surface area contributed by atoms with Crippen LogP contribution in [0.5, 0.6) is 0 Å². The third-order valence-corrected chi connectivity index (χ3v) is 3.90. The zero-order chi connectivity index (χ0) is 15.5. The van der Waals surface area contributed by atoms with Gasteiger partial charge < -0.3 is 10.1 Å². The van der Waals surface area contributed by atoms with Crippen LogP contribution in [-0.2, 0) is 4.74 Å². The van der Waals surface area contributed by atoms with Gasteiger partial charge in [-0.2, -0.15) is 0 Å². The van der Waals surface area contributed by atoms with Crippen molar-refractivity contribution in [3.05, 3.63) is 28.7 Å². The van der Waals surface area contributed by atoms with Gasteiger partial charge in [-0.15, -0.1) is 0 Å². The van der Waals surface area contributed by atoms with Gasteiger partial charge in [0.05, 0.1) is 0 Å². The van der Waals surface area contributed by atoms with E-state index in [1.165, 1.54) is 0 Å². The fraction of sp³-hybridized carbons (Fsp3) is 0.562. The molecule has 0 spiro atoms. The predicted octanol–water partition coefficient (Wildman–Crippen LogP) is 3.94. The number of halogens is 1. The molecule has 5 heteroatoms. The van der Waals surface area contributed by atoms with E-state index in [9.17, 15) is 4.79 Å². The Morgan fingerprint density at radius 1 is 1.24 bits per heavy atom. The molecule has 4 nitrogen and oxygen atoms in total. The molecule has 0 aromatic heterocycles. The van der Waals surface area contributed by atoms with Gasteiger partial charge in [-0.1, -0.05) is 15.9 Å². The van der Waals surface area contributed by atoms with E-state index in [4.69, 9.17) is 4.74 Å². The van der Waals surface area contributed by atoms with Crippen LogP contribution in [0.1, 0.15) is 33.6 Å². The first-order valence-electron chi connectivity index (χ1n) is 7.35. The number of carbonyl (C=O) groups excluding carboxylic acids is 1. The molecule has 0 aliphatic carbocycles. The van der Waals surface area contributed by atoms with Gasteiger partial charge >= 0.3 is 6.09 Å². The number of piperidine rings is 1. The van der Waals surface area contributed by atoms with Crippen LogP contribution in [0.2, 0.25) is 0 Å². The Labute approximate surface area is 135 Å². The van der Waals surface area contributed by atoms with Crippen LogP contribution in [-0.4, -0.2) is 30.8 Å². The zero-order valence-corrected chi connectivity index (χ0v) is 14.4. The zero-order valence-electron chi connectivity index (χ0n) is 12.9. The van der Waals surface area contributed by atoms with Crippen LogP contribution in [0.25, 0.3) is 0 Å². The van der Waals surface area contributed by atoms with Crippen LogP contribution < -0.4 is 10.2 Å². The Balaban J connectivity index is 2.24. The summed E-state index contributed by atoms with van der Waals surface area (Å²) in [5, 5.41) is 3.33. The summed E-state index contributed by atoms with van der Waals surface area (Å²) in [5.41, 5.74) is 0.400. The number of rotatable bonds is 2. The minimum atomic E-state index is -0.488. The molecule has 1 N–H and O–H groups in total. The molecular formula is C16H23BrN2O2. The lowest BCUT2D eigenvalue weighted by Gasteiger charge is -2.35. The van der Waals surface area contributed by atoms with E-state index < -0.39 is 5.60 Å². The third kappa shape index (κ3) is 4.71. The van der Waals surface area contributed by atoms with Crippen LogP contribution in [0, 0.1) is 0 Å². The van der Waals surface area contributed by atoms with Gasteiger partial charge in [0.2, 0.25) is 0 Å². The van der Waals surface area contributed by atoms with Crippen molar-refractivity contribution in [1.29, 1.82) is 0 Å². The largest absolute Gasteiger partial charge is 0.443 e. The number of nitrogens with zero attached hydrogens (tertiary/aromatic N) is 1. The molecule has 0 radical (unpaired) electrons. The normalized spacial score (nSPS) is 16.6.